The van der Waals surface area contributed by atoms with E-state index in [4.69, 9.17) is 12.2 Å². The molecule has 0 aromatic carbocycles. The molecule has 1 aliphatic heterocycles. The van der Waals surface area contributed by atoms with Crippen molar-refractivity contribution in [1.29, 1.82) is 0 Å². The third-order valence-corrected chi connectivity index (χ3v) is 7.60. The van der Waals surface area contributed by atoms with Crippen molar-refractivity contribution in [3.05, 3.63) is 3.14 Å². The number of carbonyl (C=O) groups is 1. The molecule has 1 aromatic rings. The molecule has 76 valence electrons. The van der Waals surface area contributed by atoms with Gasteiger partial charge in [0.15, 0.2) is 5.78 Å². The van der Waals surface area contributed by atoms with Crippen LogP contribution in [0.4, 0.5) is 0 Å². The molecule has 0 fully saturated rings. The number of rotatable bonds is 0. The van der Waals surface area contributed by atoms with Gasteiger partial charge in [-0.15, -0.1) is 46.2 Å². The minimum atomic E-state index is 0.0685. The summed E-state index contributed by atoms with van der Waals surface area (Å²) in [5.41, 5.74) is 0. The summed E-state index contributed by atoms with van der Waals surface area (Å²) in [7, 11) is 0. The van der Waals surface area contributed by atoms with Crippen molar-refractivity contribution in [3.63, 3.8) is 0 Å². The largest absolute Gasteiger partial charge is 0.297 e. The second-order valence-electron chi connectivity index (χ2n) is 2.95. The highest BCUT2D eigenvalue weighted by atomic mass is 32.2. The molecule has 2 heterocycles. The van der Waals surface area contributed by atoms with Crippen LogP contribution in [0.5, 0.6) is 0 Å². The molecule has 0 bridgehead atoms. The Bertz CT molecular complexity index is 383. The van der Waals surface area contributed by atoms with Gasteiger partial charge in [-0.05, 0) is 13.8 Å². The van der Waals surface area contributed by atoms with Gasteiger partial charge in [0.25, 0.3) is 0 Å². The van der Waals surface area contributed by atoms with Gasteiger partial charge in [0, 0.05) is 0 Å². The van der Waals surface area contributed by atoms with Crippen molar-refractivity contribution in [1.82, 2.24) is 0 Å². The Morgan fingerprint density at radius 2 is 1.50 bits per heavy atom. The molecule has 0 N–H and O–H groups in total. The monoisotopic (exact) mass is 280 g/mol. The number of carbonyl (C=O) groups excluding carboxylic acids is 1. The zero-order valence-electron chi connectivity index (χ0n) is 7.60. The van der Waals surface area contributed by atoms with Crippen molar-refractivity contribution < 1.29 is 4.79 Å². The Hall–Kier alpha value is 0.640. The molecule has 14 heavy (non-hydrogen) atoms. The lowest BCUT2D eigenvalue weighted by molar-refractivity contribution is -0.117. The first-order valence-corrected chi connectivity index (χ1v) is 7.89. The van der Waals surface area contributed by atoms with E-state index in [1.165, 1.54) is 8.42 Å². The standard InChI is InChI=1S/C8H8OS5/c1-3-5(9)4(2)12-7-6(11-3)13-8(10)14-7/h3-4H,1-2H3/t3-,4-/m1/s1. The molecule has 0 saturated carbocycles. The predicted molar refractivity (Wildman–Crippen MR) is 68.7 cm³/mol. The van der Waals surface area contributed by atoms with Gasteiger partial charge >= 0.3 is 0 Å². The van der Waals surface area contributed by atoms with E-state index in [1.807, 2.05) is 13.8 Å². The molecule has 1 aliphatic rings. The molecule has 0 aliphatic carbocycles. The molecule has 1 aromatic heterocycles. The first kappa shape index (κ1) is 11.1. The van der Waals surface area contributed by atoms with Crippen LogP contribution in [-0.2, 0) is 4.79 Å². The van der Waals surface area contributed by atoms with E-state index in [9.17, 15) is 4.79 Å². The Labute approximate surface area is 104 Å². The van der Waals surface area contributed by atoms with Crippen LogP contribution in [0.2, 0.25) is 0 Å². The Morgan fingerprint density at radius 1 is 1.07 bits per heavy atom. The van der Waals surface area contributed by atoms with E-state index >= 15 is 0 Å². The summed E-state index contributed by atoms with van der Waals surface area (Å²) in [5, 5.41) is 0.137. The summed E-state index contributed by atoms with van der Waals surface area (Å²) < 4.78 is 3.43. The molecule has 2 atom stereocenters. The number of hydrogen-bond acceptors (Lipinski definition) is 6. The van der Waals surface area contributed by atoms with Crippen LogP contribution in [0.1, 0.15) is 13.8 Å². The first-order chi connectivity index (χ1) is 6.58. The quantitative estimate of drug-likeness (QED) is 0.666. The molecule has 0 amide bonds. The zero-order valence-corrected chi connectivity index (χ0v) is 11.7. The van der Waals surface area contributed by atoms with Crippen LogP contribution < -0.4 is 0 Å². The molecule has 2 rings (SSSR count). The van der Waals surface area contributed by atoms with Gasteiger partial charge in [-0.25, -0.2) is 0 Å². The fourth-order valence-corrected chi connectivity index (χ4v) is 7.83. The molecule has 1 nitrogen and oxygen atoms in total. The van der Waals surface area contributed by atoms with Crippen LogP contribution in [0, 0.1) is 3.14 Å². The maximum Gasteiger partial charge on any atom is 0.158 e. The van der Waals surface area contributed by atoms with Gasteiger partial charge in [0.1, 0.15) is 3.14 Å². The van der Waals surface area contributed by atoms with Gasteiger partial charge in [0.2, 0.25) is 0 Å². The Balaban J connectivity index is 2.42. The average molecular weight is 280 g/mol. The normalized spacial score (nSPS) is 27.1. The third-order valence-electron chi connectivity index (χ3n) is 1.89. The van der Waals surface area contributed by atoms with Gasteiger partial charge in [-0.3, -0.25) is 4.79 Å². The Morgan fingerprint density at radius 3 is 1.93 bits per heavy atom. The topological polar surface area (TPSA) is 17.1 Å². The highest BCUT2D eigenvalue weighted by Crippen LogP contribution is 2.47. The molecular weight excluding hydrogens is 272 g/mol. The van der Waals surface area contributed by atoms with Crippen LogP contribution in [0.15, 0.2) is 8.42 Å². The van der Waals surface area contributed by atoms with Gasteiger partial charge in [0.05, 0.1) is 18.9 Å². The highest BCUT2D eigenvalue weighted by Gasteiger charge is 2.28. The highest BCUT2D eigenvalue weighted by molar-refractivity contribution is 8.07. The van der Waals surface area contributed by atoms with Gasteiger partial charge in [-0.1, -0.05) is 12.2 Å². The number of Topliss-reactive ketones (excluding diaryl/α,β-unsaturated/α-hetero) is 1. The second-order valence-corrected chi connectivity index (χ2v) is 9.40. The number of fused-ring (bicyclic) bond motifs is 1. The van der Waals surface area contributed by atoms with Crippen LogP contribution >= 0.6 is 58.4 Å². The summed E-state index contributed by atoms with van der Waals surface area (Å²) >= 11 is 11.7. The van der Waals surface area contributed by atoms with E-state index in [0.717, 1.165) is 3.14 Å². The van der Waals surface area contributed by atoms with E-state index in [0.29, 0.717) is 5.78 Å². The lowest BCUT2D eigenvalue weighted by Gasteiger charge is -2.08. The summed E-state index contributed by atoms with van der Waals surface area (Å²) in [5.74, 6) is 0.335. The lowest BCUT2D eigenvalue weighted by atomic mass is 10.2. The lowest BCUT2D eigenvalue weighted by Crippen LogP contribution is -2.21. The van der Waals surface area contributed by atoms with Crippen LogP contribution in [0.25, 0.3) is 0 Å². The SMILES string of the molecule is C[C@H]1Sc2sc(=S)sc2S[C@H](C)C1=O. The van der Waals surface area contributed by atoms with E-state index in [2.05, 4.69) is 0 Å². The molecular formula is C8H8OS5. The second kappa shape index (κ2) is 4.25. The molecule has 0 spiro atoms. The predicted octanol–water partition coefficient (Wildman–Crippen LogP) is 4.08. The fourth-order valence-electron chi connectivity index (χ4n) is 1.17. The maximum atomic E-state index is 11.7. The van der Waals surface area contributed by atoms with E-state index in [-0.39, 0.29) is 10.5 Å². The summed E-state index contributed by atoms with van der Waals surface area (Å²) in [4.78, 5) is 11.7. The van der Waals surface area contributed by atoms with Gasteiger partial charge < -0.3 is 0 Å². The van der Waals surface area contributed by atoms with Crippen molar-refractivity contribution in [2.75, 3.05) is 0 Å². The van der Waals surface area contributed by atoms with Crippen molar-refractivity contribution in [2.45, 2.75) is 32.8 Å². The van der Waals surface area contributed by atoms with Crippen LogP contribution in [-0.4, -0.2) is 16.3 Å². The zero-order chi connectivity index (χ0) is 10.3. The molecule has 6 heteroatoms. The molecule has 0 unspecified atom stereocenters. The van der Waals surface area contributed by atoms with Crippen molar-refractivity contribution >= 4 is 64.2 Å². The van der Waals surface area contributed by atoms with Gasteiger partial charge in [-0.2, -0.15) is 0 Å². The number of hydrogen-bond donors (Lipinski definition) is 0. The molecule has 0 saturated heterocycles. The summed E-state index contributed by atoms with van der Waals surface area (Å²) in [6.07, 6.45) is 0. The van der Waals surface area contributed by atoms with E-state index < -0.39 is 0 Å². The minimum absolute atomic E-state index is 0.0685. The van der Waals surface area contributed by atoms with Crippen LogP contribution in [0.3, 0.4) is 0 Å². The minimum Gasteiger partial charge on any atom is -0.297 e. The third kappa shape index (κ3) is 2.09. The first-order valence-electron chi connectivity index (χ1n) is 4.09. The average Bonchev–Trinajstić information content (AvgIpc) is 2.40. The van der Waals surface area contributed by atoms with Crippen molar-refractivity contribution in [3.8, 4) is 0 Å². The summed E-state index contributed by atoms with van der Waals surface area (Å²) in [6, 6.07) is 0. The Kier molecular flexibility index (Phi) is 3.38. The smallest absolute Gasteiger partial charge is 0.158 e. The number of thioether (sulfide) groups is 2. The van der Waals surface area contributed by atoms with E-state index in [1.54, 1.807) is 46.2 Å². The molecule has 0 radical (unpaired) electrons. The maximum absolute atomic E-state index is 11.7. The summed E-state index contributed by atoms with van der Waals surface area (Å²) in [6.45, 7) is 3.96. The number of ketones is 1. The fraction of sp³-hybridized carbons (Fsp3) is 0.500. The van der Waals surface area contributed by atoms with Crippen molar-refractivity contribution in [2.24, 2.45) is 0 Å².